The maximum atomic E-state index is 14.2. The lowest BCUT2D eigenvalue weighted by atomic mass is 9.91. The van der Waals surface area contributed by atoms with Crippen molar-refractivity contribution in [3.05, 3.63) is 53.9 Å². The molecule has 2 N–H and O–H groups in total. The van der Waals surface area contributed by atoms with Gasteiger partial charge in [-0.3, -0.25) is 19.5 Å². The fourth-order valence-corrected chi connectivity index (χ4v) is 5.90. The molecule has 2 aliphatic rings. The molecular weight excluding hydrogens is 638 g/mol. The highest BCUT2D eigenvalue weighted by Crippen LogP contribution is 3.02. The molecule has 1 aromatic heterocycles. The van der Waals surface area contributed by atoms with E-state index in [0.29, 0.717) is 29.3 Å². The van der Waals surface area contributed by atoms with Crippen molar-refractivity contribution in [1.29, 1.82) is 0 Å². The normalized spacial score (nSPS) is 23.3. The first kappa shape index (κ1) is 33.8. The second-order valence-corrected chi connectivity index (χ2v) is 13.1. The minimum atomic E-state index is -10.2. The molecule has 1 aromatic carbocycles. The maximum Gasteiger partial charge on any atom is 0.416 e. The van der Waals surface area contributed by atoms with E-state index in [9.17, 15) is 51.0 Å². The molecule has 4 rings (SSSR count). The van der Waals surface area contributed by atoms with E-state index < -0.39 is 92.9 Å². The summed E-state index contributed by atoms with van der Waals surface area (Å²) in [5, 5.41) is 5.17. The number of rotatable bonds is 8. The highest BCUT2D eigenvalue weighted by molar-refractivity contribution is 8.45. The topological polar surface area (TPSA) is 83.6 Å². The van der Waals surface area contributed by atoms with Crippen LogP contribution in [-0.2, 0) is 20.5 Å². The number of halogens is 10. The summed E-state index contributed by atoms with van der Waals surface area (Å²) in [6.45, 7) is 0.0950. The highest BCUT2D eigenvalue weighted by Gasteiger charge is 2.65. The summed E-state index contributed by atoms with van der Waals surface area (Å²) >= 11 is 0. The van der Waals surface area contributed by atoms with Crippen molar-refractivity contribution in [2.24, 2.45) is 0 Å². The Labute approximate surface area is 245 Å². The lowest BCUT2D eigenvalue weighted by molar-refractivity contribution is -0.139. The van der Waals surface area contributed by atoms with Crippen LogP contribution in [0.3, 0.4) is 0 Å². The van der Waals surface area contributed by atoms with E-state index >= 15 is 0 Å². The molecule has 1 aliphatic carbocycles. The zero-order chi connectivity index (χ0) is 32.8. The van der Waals surface area contributed by atoms with Gasteiger partial charge in [0.05, 0.1) is 17.7 Å². The number of aromatic nitrogens is 1. The number of pyridine rings is 1. The SMILES string of the molecule is COC1CNC(C(=O)N(c2ccc(S(F)(F)(F)(F)F)cc2)C(C(=O)NC2CCC(F)(F)CC2)c2cnccc2C(F)(F)F)C1. The largest absolute Gasteiger partial charge is 0.416 e. The Kier molecular flexibility index (Phi) is 8.48. The lowest BCUT2D eigenvalue weighted by Crippen LogP contribution is -2.52. The fraction of sp³-hybridized carbons (Fsp3) is 0.500. The zero-order valence-corrected chi connectivity index (χ0v) is 23.7. The molecule has 18 heteroatoms. The molecule has 3 atom stereocenters. The van der Waals surface area contributed by atoms with Crippen LogP contribution in [0.4, 0.5) is 47.1 Å². The number of carbonyl (C=O) groups is 2. The summed E-state index contributed by atoms with van der Waals surface area (Å²) in [4.78, 5) is 29.5. The Bertz CT molecular complexity index is 1380. The number of nitrogens with one attached hydrogen (secondary N) is 2. The van der Waals surface area contributed by atoms with Crippen LogP contribution in [-0.4, -0.2) is 54.6 Å². The summed E-state index contributed by atoms with van der Waals surface area (Å²) in [6.07, 6.45) is -6.08. The first-order valence-corrected chi connectivity index (χ1v) is 15.2. The first-order chi connectivity index (χ1) is 20.1. The van der Waals surface area contributed by atoms with Crippen LogP contribution in [0.15, 0.2) is 47.6 Å². The number of hydrogen-bond donors (Lipinski definition) is 2. The Morgan fingerprint density at radius 2 is 1.68 bits per heavy atom. The van der Waals surface area contributed by atoms with Crippen LogP contribution in [0.25, 0.3) is 0 Å². The molecule has 7 nitrogen and oxygen atoms in total. The van der Waals surface area contributed by atoms with Crippen molar-refractivity contribution in [1.82, 2.24) is 15.6 Å². The van der Waals surface area contributed by atoms with E-state index in [-0.39, 0.29) is 37.9 Å². The molecule has 0 spiro atoms. The number of carbonyl (C=O) groups excluding carboxylic acids is 2. The van der Waals surface area contributed by atoms with Gasteiger partial charge in [0, 0.05) is 56.2 Å². The second-order valence-electron chi connectivity index (χ2n) is 10.7. The van der Waals surface area contributed by atoms with Gasteiger partial charge in [-0.25, -0.2) is 8.78 Å². The number of ether oxygens (including phenoxy) is 1. The smallest absolute Gasteiger partial charge is 0.380 e. The van der Waals surface area contributed by atoms with Gasteiger partial charge >= 0.3 is 16.4 Å². The number of alkyl halides is 5. The second kappa shape index (κ2) is 11.0. The third-order valence-corrected chi connectivity index (χ3v) is 8.70. The van der Waals surface area contributed by atoms with Gasteiger partial charge < -0.3 is 15.4 Å². The lowest BCUT2D eigenvalue weighted by Gasteiger charge is -2.41. The van der Waals surface area contributed by atoms with Crippen LogP contribution >= 0.6 is 10.2 Å². The number of methoxy groups -OCH3 is 1. The predicted molar refractivity (Wildman–Crippen MR) is 140 cm³/mol. The van der Waals surface area contributed by atoms with Crippen molar-refractivity contribution in [2.45, 2.75) is 73.3 Å². The molecule has 2 heterocycles. The highest BCUT2D eigenvalue weighted by atomic mass is 32.5. The van der Waals surface area contributed by atoms with E-state index in [1.165, 1.54) is 7.11 Å². The van der Waals surface area contributed by atoms with Crippen LogP contribution in [0, 0.1) is 0 Å². The van der Waals surface area contributed by atoms with Crippen LogP contribution in [0.2, 0.25) is 0 Å². The van der Waals surface area contributed by atoms with E-state index in [4.69, 9.17) is 4.74 Å². The average Bonchev–Trinajstić information content (AvgIpc) is 3.40. The molecule has 246 valence electrons. The molecule has 2 aromatic rings. The Morgan fingerprint density at radius 3 is 2.20 bits per heavy atom. The summed E-state index contributed by atoms with van der Waals surface area (Å²) in [7, 11) is -8.88. The molecule has 1 aliphatic heterocycles. The minimum Gasteiger partial charge on any atom is -0.380 e. The summed E-state index contributed by atoms with van der Waals surface area (Å²) in [6, 6.07) is -3.09. The third kappa shape index (κ3) is 7.74. The first-order valence-electron chi connectivity index (χ1n) is 13.2. The average molecular weight is 667 g/mol. The van der Waals surface area contributed by atoms with E-state index in [1.807, 2.05) is 0 Å². The summed E-state index contributed by atoms with van der Waals surface area (Å²) in [5.41, 5.74) is -2.92. The molecule has 3 unspecified atom stereocenters. The van der Waals surface area contributed by atoms with Crippen molar-refractivity contribution in [2.75, 3.05) is 18.6 Å². The third-order valence-electron chi connectivity index (χ3n) is 7.54. The predicted octanol–water partition coefficient (Wildman–Crippen LogP) is 6.90. The van der Waals surface area contributed by atoms with E-state index in [1.54, 1.807) is 0 Å². The van der Waals surface area contributed by atoms with Gasteiger partial charge in [0.25, 0.3) is 0 Å². The van der Waals surface area contributed by atoms with Gasteiger partial charge in [-0.05, 0) is 49.6 Å². The Hall–Kier alpha value is -3.12. The van der Waals surface area contributed by atoms with Crippen molar-refractivity contribution in [3.63, 3.8) is 0 Å². The van der Waals surface area contributed by atoms with Crippen molar-refractivity contribution < 1.29 is 55.7 Å². The number of hydrogen-bond acceptors (Lipinski definition) is 5. The van der Waals surface area contributed by atoms with Gasteiger partial charge in [-0.1, -0.05) is 19.4 Å². The van der Waals surface area contributed by atoms with Gasteiger partial charge in [0.1, 0.15) is 10.9 Å². The van der Waals surface area contributed by atoms with Gasteiger partial charge in [-0.15, -0.1) is 0 Å². The molecule has 0 bridgehead atoms. The van der Waals surface area contributed by atoms with Crippen molar-refractivity contribution >= 4 is 27.7 Å². The van der Waals surface area contributed by atoms with Crippen LogP contribution in [0.5, 0.6) is 0 Å². The molecule has 1 saturated heterocycles. The maximum absolute atomic E-state index is 14.2. The van der Waals surface area contributed by atoms with E-state index in [2.05, 4.69) is 15.6 Å². The van der Waals surface area contributed by atoms with Gasteiger partial charge in [0.15, 0.2) is 0 Å². The molecule has 2 fully saturated rings. The summed E-state index contributed by atoms with van der Waals surface area (Å²) in [5.74, 6) is -5.38. The molecule has 2 amide bonds. The molecular formula is C26H28F10N4O3S. The van der Waals surface area contributed by atoms with Gasteiger partial charge in [0.2, 0.25) is 17.7 Å². The van der Waals surface area contributed by atoms with Crippen LogP contribution in [0.1, 0.15) is 49.3 Å². The number of anilines is 1. The van der Waals surface area contributed by atoms with E-state index in [0.717, 1.165) is 6.20 Å². The van der Waals surface area contributed by atoms with Crippen molar-refractivity contribution in [3.8, 4) is 0 Å². The molecule has 44 heavy (non-hydrogen) atoms. The number of amides is 2. The van der Waals surface area contributed by atoms with Crippen LogP contribution < -0.4 is 15.5 Å². The Balaban J connectivity index is 1.86. The quantitative estimate of drug-likeness (QED) is 0.300. The monoisotopic (exact) mass is 666 g/mol. The van der Waals surface area contributed by atoms with Gasteiger partial charge in [-0.2, -0.15) is 13.2 Å². The number of nitrogens with zero attached hydrogens (tertiary/aromatic N) is 2. The standard InChI is InChI=1S/C26H28F10N4O3S/c1-43-17-12-21(38-13-17)24(42)40(16-2-4-18(5-3-16)44(32,33,34,35)36)22(19-14-37-11-8-20(19)26(29,30)31)23(41)39-15-6-9-25(27,28)10-7-15/h2-5,8,11,14-15,17,21-22,38H,6-7,9-10,12-13H2,1H3,(H,39,41). The fourth-order valence-electron chi connectivity index (χ4n) is 5.25. The zero-order valence-electron chi connectivity index (χ0n) is 22.9. The Morgan fingerprint density at radius 1 is 1.07 bits per heavy atom. The minimum absolute atomic E-state index is 0.0384. The number of benzene rings is 1. The molecule has 1 saturated carbocycles. The molecule has 0 radical (unpaired) electrons. The summed E-state index contributed by atoms with van der Waals surface area (Å²) < 4.78 is 142.